The molecule has 0 spiro atoms. The largest absolute Gasteiger partial charge is 0.313 e. The van der Waals surface area contributed by atoms with E-state index < -0.39 is 0 Å². The number of aromatic nitrogens is 1. The smallest absolute Gasteiger partial charge is 0.0943 e. The molecule has 2 aromatic rings. The third kappa shape index (κ3) is 4.15. The summed E-state index contributed by atoms with van der Waals surface area (Å²) in [5.41, 5.74) is 2.53. The molecule has 3 heteroatoms. The molecule has 0 aliphatic heterocycles. The highest BCUT2D eigenvalue weighted by Gasteiger charge is 2.19. The minimum atomic E-state index is 0.447. The van der Waals surface area contributed by atoms with Gasteiger partial charge in [0.15, 0.2) is 0 Å². The maximum Gasteiger partial charge on any atom is 0.0943 e. The van der Waals surface area contributed by atoms with E-state index in [9.17, 15) is 0 Å². The molecule has 2 nitrogen and oxygen atoms in total. The molecule has 0 bridgehead atoms. The summed E-state index contributed by atoms with van der Waals surface area (Å²) in [7, 11) is 0. The summed E-state index contributed by atoms with van der Waals surface area (Å²) in [6.45, 7) is 7.65. The second-order valence-electron chi connectivity index (χ2n) is 5.35. The molecule has 0 aliphatic carbocycles. The van der Waals surface area contributed by atoms with Gasteiger partial charge < -0.3 is 5.32 Å². The number of rotatable bonds is 7. The molecule has 2 atom stereocenters. The molecular formula is C17H24N2S. The molecule has 108 valence electrons. The maximum absolute atomic E-state index is 4.61. The summed E-state index contributed by atoms with van der Waals surface area (Å²) < 4.78 is 0. The van der Waals surface area contributed by atoms with E-state index in [1.807, 2.05) is 0 Å². The molecule has 0 radical (unpaired) electrons. The number of aryl methyl sites for hydroxylation is 1. The van der Waals surface area contributed by atoms with Gasteiger partial charge in [0.05, 0.1) is 5.01 Å². The molecular weight excluding hydrogens is 264 g/mol. The lowest BCUT2D eigenvalue weighted by atomic mass is 9.91. The molecule has 0 aliphatic rings. The van der Waals surface area contributed by atoms with Gasteiger partial charge in [-0.2, -0.15) is 0 Å². The maximum atomic E-state index is 4.61. The van der Waals surface area contributed by atoms with Gasteiger partial charge in [-0.1, -0.05) is 44.2 Å². The lowest BCUT2D eigenvalue weighted by Crippen LogP contribution is -2.36. The molecule has 2 rings (SSSR count). The molecule has 0 saturated heterocycles. The van der Waals surface area contributed by atoms with Crippen LogP contribution in [0.5, 0.6) is 0 Å². The Morgan fingerprint density at radius 1 is 1.25 bits per heavy atom. The number of nitrogens with one attached hydrogen (secondary N) is 1. The SMILES string of the molecule is CCCNC(Cc1nc(C)cs1)C(C)c1ccccc1. The van der Waals surface area contributed by atoms with Crippen LogP contribution in [0.15, 0.2) is 35.7 Å². The minimum Gasteiger partial charge on any atom is -0.313 e. The van der Waals surface area contributed by atoms with Crippen molar-refractivity contribution in [3.63, 3.8) is 0 Å². The standard InChI is InChI=1S/C17H24N2S/c1-4-10-18-16(11-17-19-13(2)12-20-17)14(3)15-8-6-5-7-9-15/h5-9,12,14,16,18H,4,10-11H2,1-3H3. The Bertz CT molecular complexity index is 507. The van der Waals surface area contributed by atoms with Crippen LogP contribution >= 0.6 is 11.3 Å². The highest BCUT2D eigenvalue weighted by Crippen LogP contribution is 2.23. The zero-order chi connectivity index (χ0) is 14.4. The fraction of sp³-hybridized carbons (Fsp3) is 0.471. The topological polar surface area (TPSA) is 24.9 Å². The first-order chi connectivity index (χ1) is 9.70. The Kier molecular flexibility index (Phi) is 5.74. The van der Waals surface area contributed by atoms with E-state index in [-0.39, 0.29) is 0 Å². The van der Waals surface area contributed by atoms with E-state index >= 15 is 0 Å². The van der Waals surface area contributed by atoms with Crippen LogP contribution in [-0.4, -0.2) is 17.6 Å². The Hall–Kier alpha value is -1.19. The molecule has 0 amide bonds. The molecule has 1 heterocycles. The molecule has 1 N–H and O–H groups in total. The Morgan fingerprint density at radius 3 is 2.60 bits per heavy atom. The molecule has 2 unspecified atom stereocenters. The van der Waals surface area contributed by atoms with Gasteiger partial charge in [-0.25, -0.2) is 4.98 Å². The summed E-state index contributed by atoms with van der Waals surface area (Å²) in [6.07, 6.45) is 2.17. The molecule has 20 heavy (non-hydrogen) atoms. The average Bonchev–Trinajstić information content (AvgIpc) is 2.89. The van der Waals surface area contributed by atoms with Crippen molar-refractivity contribution in [2.75, 3.05) is 6.54 Å². The number of hydrogen-bond donors (Lipinski definition) is 1. The van der Waals surface area contributed by atoms with Crippen molar-refractivity contribution in [3.05, 3.63) is 52.0 Å². The predicted octanol–water partition coefficient (Wildman–Crippen LogP) is 4.17. The van der Waals surface area contributed by atoms with Crippen molar-refractivity contribution in [1.82, 2.24) is 10.3 Å². The van der Waals surface area contributed by atoms with Crippen LogP contribution in [-0.2, 0) is 6.42 Å². The van der Waals surface area contributed by atoms with Gasteiger partial charge in [0.2, 0.25) is 0 Å². The van der Waals surface area contributed by atoms with Gasteiger partial charge >= 0.3 is 0 Å². The van der Waals surface area contributed by atoms with Gasteiger partial charge in [0, 0.05) is 23.5 Å². The fourth-order valence-electron chi connectivity index (χ4n) is 2.43. The second kappa shape index (κ2) is 7.55. The first-order valence-corrected chi connectivity index (χ1v) is 8.28. The van der Waals surface area contributed by atoms with Crippen LogP contribution < -0.4 is 5.32 Å². The summed E-state index contributed by atoms with van der Waals surface area (Å²) in [6, 6.07) is 11.2. The quantitative estimate of drug-likeness (QED) is 0.827. The number of hydrogen-bond acceptors (Lipinski definition) is 3. The average molecular weight is 288 g/mol. The lowest BCUT2D eigenvalue weighted by molar-refractivity contribution is 0.446. The summed E-state index contributed by atoms with van der Waals surface area (Å²) in [5.74, 6) is 0.493. The molecule has 0 fully saturated rings. The summed E-state index contributed by atoms with van der Waals surface area (Å²) in [4.78, 5) is 4.61. The van der Waals surface area contributed by atoms with Crippen LogP contribution in [0.4, 0.5) is 0 Å². The van der Waals surface area contributed by atoms with Crippen LogP contribution in [0, 0.1) is 6.92 Å². The van der Waals surface area contributed by atoms with Crippen molar-refractivity contribution < 1.29 is 0 Å². The Balaban J connectivity index is 2.10. The number of thiazole rings is 1. The monoisotopic (exact) mass is 288 g/mol. The van der Waals surface area contributed by atoms with E-state index in [2.05, 4.69) is 66.8 Å². The second-order valence-corrected chi connectivity index (χ2v) is 6.29. The summed E-state index contributed by atoms with van der Waals surface area (Å²) >= 11 is 1.77. The highest BCUT2D eigenvalue weighted by atomic mass is 32.1. The van der Waals surface area contributed by atoms with E-state index in [0.29, 0.717) is 12.0 Å². The first kappa shape index (κ1) is 15.2. The van der Waals surface area contributed by atoms with E-state index in [4.69, 9.17) is 0 Å². The zero-order valence-corrected chi connectivity index (χ0v) is 13.4. The van der Waals surface area contributed by atoms with Crippen LogP contribution in [0.3, 0.4) is 0 Å². The molecule has 1 aromatic carbocycles. The van der Waals surface area contributed by atoms with E-state index in [0.717, 1.165) is 25.1 Å². The van der Waals surface area contributed by atoms with Gasteiger partial charge in [-0.05, 0) is 31.4 Å². The minimum absolute atomic E-state index is 0.447. The van der Waals surface area contributed by atoms with Crippen molar-refractivity contribution in [2.24, 2.45) is 0 Å². The van der Waals surface area contributed by atoms with Crippen LogP contribution in [0.25, 0.3) is 0 Å². The fourth-order valence-corrected chi connectivity index (χ4v) is 3.26. The van der Waals surface area contributed by atoms with E-state index in [1.165, 1.54) is 10.6 Å². The third-order valence-electron chi connectivity index (χ3n) is 3.65. The normalized spacial score (nSPS) is 14.2. The molecule has 1 aromatic heterocycles. The van der Waals surface area contributed by atoms with Crippen LogP contribution in [0.1, 0.15) is 42.5 Å². The van der Waals surface area contributed by atoms with Gasteiger partial charge in [-0.15, -0.1) is 11.3 Å². The van der Waals surface area contributed by atoms with Crippen molar-refractivity contribution >= 4 is 11.3 Å². The number of benzene rings is 1. The number of nitrogens with zero attached hydrogens (tertiary/aromatic N) is 1. The summed E-state index contributed by atoms with van der Waals surface area (Å²) in [5, 5.41) is 7.07. The zero-order valence-electron chi connectivity index (χ0n) is 12.6. The predicted molar refractivity (Wildman–Crippen MR) is 87.5 cm³/mol. The van der Waals surface area contributed by atoms with Gasteiger partial charge in [0.1, 0.15) is 0 Å². The third-order valence-corrected chi connectivity index (χ3v) is 4.64. The van der Waals surface area contributed by atoms with Crippen molar-refractivity contribution in [2.45, 2.75) is 45.6 Å². The van der Waals surface area contributed by atoms with Gasteiger partial charge in [-0.3, -0.25) is 0 Å². The molecule has 0 saturated carbocycles. The lowest BCUT2D eigenvalue weighted by Gasteiger charge is -2.25. The van der Waals surface area contributed by atoms with Gasteiger partial charge in [0.25, 0.3) is 0 Å². The Morgan fingerprint density at radius 2 is 2.00 bits per heavy atom. The van der Waals surface area contributed by atoms with Crippen molar-refractivity contribution in [1.29, 1.82) is 0 Å². The Labute approximate surface area is 126 Å². The first-order valence-electron chi connectivity index (χ1n) is 7.40. The van der Waals surface area contributed by atoms with E-state index in [1.54, 1.807) is 11.3 Å². The highest BCUT2D eigenvalue weighted by molar-refractivity contribution is 7.09. The van der Waals surface area contributed by atoms with Crippen LogP contribution in [0.2, 0.25) is 0 Å². The van der Waals surface area contributed by atoms with Crippen molar-refractivity contribution in [3.8, 4) is 0 Å².